The van der Waals surface area contributed by atoms with E-state index in [0.717, 1.165) is 32.7 Å². The maximum Gasteiger partial charge on any atom is 0.0622 e. The molecule has 0 amide bonds. The van der Waals surface area contributed by atoms with Crippen LogP contribution >= 0.6 is 0 Å². The summed E-state index contributed by atoms with van der Waals surface area (Å²) < 4.78 is 5.42. The lowest BCUT2D eigenvalue weighted by atomic mass is 9.91. The van der Waals surface area contributed by atoms with E-state index < -0.39 is 5.41 Å². The molecule has 1 aliphatic rings. The van der Waals surface area contributed by atoms with E-state index in [-0.39, 0.29) is 13.2 Å². The van der Waals surface area contributed by atoms with Crippen molar-refractivity contribution < 1.29 is 14.9 Å². The van der Waals surface area contributed by atoms with Gasteiger partial charge in [0.05, 0.1) is 26.4 Å². The lowest BCUT2D eigenvalue weighted by Crippen LogP contribution is -2.51. The molecule has 1 heterocycles. The second kappa shape index (κ2) is 5.80. The second-order valence-electron chi connectivity index (χ2n) is 4.73. The Morgan fingerprint density at radius 3 is 2.60 bits per heavy atom. The van der Waals surface area contributed by atoms with Crippen molar-refractivity contribution in [3.63, 3.8) is 0 Å². The Labute approximate surface area is 91.8 Å². The predicted molar refractivity (Wildman–Crippen MR) is 58.7 cm³/mol. The van der Waals surface area contributed by atoms with E-state index in [1.165, 1.54) is 0 Å². The normalized spacial score (nSPS) is 24.4. The number of hydrogen-bond donors (Lipinski definition) is 2. The summed E-state index contributed by atoms with van der Waals surface area (Å²) in [7, 11) is 0. The molecule has 1 unspecified atom stereocenters. The highest BCUT2D eigenvalue weighted by Crippen LogP contribution is 2.20. The zero-order valence-electron chi connectivity index (χ0n) is 9.78. The summed E-state index contributed by atoms with van der Waals surface area (Å²) in [5.41, 5.74) is -0.398. The third kappa shape index (κ3) is 3.41. The molecule has 15 heavy (non-hydrogen) atoms. The largest absolute Gasteiger partial charge is 0.396 e. The summed E-state index contributed by atoms with van der Waals surface area (Å²) >= 11 is 0. The minimum absolute atomic E-state index is 0.0251. The maximum absolute atomic E-state index is 9.26. The summed E-state index contributed by atoms with van der Waals surface area (Å²) in [6, 6.07) is 0.427. The van der Waals surface area contributed by atoms with Gasteiger partial charge in [0, 0.05) is 24.5 Å². The van der Waals surface area contributed by atoms with Crippen LogP contribution in [0.4, 0.5) is 0 Å². The van der Waals surface area contributed by atoms with Crippen molar-refractivity contribution in [2.24, 2.45) is 5.41 Å². The van der Waals surface area contributed by atoms with Gasteiger partial charge in [0.25, 0.3) is 0 Å². The van der Waals surface area contributed by atoms with E-state index in [0.29, 0.717) is 6.04 Å². The summed E-state index contributed by atoms with van der Waals surface area (Å²) in [6.07, 6.45) is 1.05. The monoisotopic (exact) mass is 217 g/mol. The molecular formula is C11H23NO3. The third-order valence-electron chi connectivity index (χ3n) is 3.17. The van der Waals surface area contributed by atoms with Crippen molar-refractivity contribution >= 4 is 0 Å². The molecule has 0 aliphatic carbocycles. The highest BCUT2D eigenvalue weighted by atomic mass is 16.5. The fourth-order valence-electron chi connectivity index (χ4n) is 1.91. The summed E-state index contributed by atoms with van der Waals surface area (Å²) in [5, 5.41) is 18.5. The van der Waals surface area contributed by atoms with Crippen molar-refractivity contribution in [3.8, 4) is 0 Å². The number of morpholine rings is 1. The van der Waals surface area contributed by atoms with Gasteiger partial charge in [-0.25, -0.2) is 0 Å². The zero-order valence-corrected chi connectivity index (χ0v) is 9.78. The van der Waals surface area contributed by atoms with Crippen LogP contribution in [0.2, 0.25) is 0 Å². The standard InChI is InChI=1S/C11H23NO3/c1-3-10-6-15-5-4-12(10)7-11(2,8-13)9-14/h10,13-14H,3-9H2,1-2H3. The van der Waals surface area contributed by atoms with Gasteiger partial charge in [-0.2, -0.15) is 0 Å². The van der Waals surface area contributed by atoms with Gasteiger partial charge >= 0.3 is 0 Å². The number of ether oxygens (including phenoxy) is 1. The van der Waals surface area contributed by atoms with Gasteiger partial charge in [0.1, 0.15) is 0 Å². The molecule has 0 saturated carbocycles. The first kappa shape index (κ1) is 12.9. The molecule has 1 saturated heterocycles. The molecule has 0 spiro atoms. The second-order valence-corrected chi connectivity index (χ2v) is 4.73. The molecule has 0 radical (unpaired) electrons. The minimum atomic E-state index is -0.398. The third-order valence-corrected chi connectivity index (χ3v) is 3.17. The first-order valence-corrected chi connectivity index (χ1v) is 5.68. The molecule has 2 N–H and O–H groups in total. The summed E-state index contributed by atoms with van der Waals surface area (Å²) in [5.74, 6) is 0. The highest BCUT2D eigenvalue weighted by molar-refractivity contribution is 4.82. The van der Waals surface area contributed by atoms with Crippen molar-refractivity contribution in [2.45, 2.75) is 26.3 Å². The van der Waals surface area contributed by atoms with E-state index in [9.17, 15) is 10.2 Å². The number of hydrogen-bond acceptors (Lipinski definition) is 4. The highest BCUT2D eigenvalue weighted by Gasteiger charge is 2.30. The van der Waals surface area contributed by atoms with Crippen LogP contribution in [-0.2, 0) is 4.74 Å². The Morgan fingerprint density at radius 1 is 1.40 bits per heavy atom. The van der Waals surface area contributed by atoms with Gasteiger partial charge in [-0.15, -0.1) is 0 Å². The molecular weight excluding hydrogens is 194 g/mol. The first-order chi connectivity index (χ1) is 7.15. The van der Waals surface area contributed by atoms with Crippen LogP contribution in [0.25, 0.3) is 0 Å². The molecule has 0 aromatic carbocycles. The molecule has 1 fully saturated rings. The molecule has 90 valence electrons. The SMILES string of the molecule is CCC1COCCN1CC(C)(CO)CO. The average molecular weight is 217 g/mol. The average Bonchev–Trinajstić information content (AvgIpc) is 2.29. The number of nitrogens with zero attached hydrogens (tertiary/aromatic N) is 1. The summed E-state index contributed by atoms with van der Waals surface area (Å²) in [6.45, 7) is 7.26. The molecule has 1 aliphatic heterocycles. The molecule has 0 aromatic heterocycles. The van der Waals surface area contributed by atoms with E-state index >= 15 is 0 Å². The number of aliphatic hydroxyl groups excluding tert-OH is 2. The Bertz CT molecular complexity index is 183. The van der Waals surface area contributed by atoms with Crippen molar-refractivity contribution in [1.29, 1.82) is 0 Å². The fourth-order valence-corrected chi connectivity index (χ4v) is 1.91. The Kier molecular flexibility index (Phi) is 4.99. The topological polar surface area (TPSA) is 52.9 Å². The van der Waals surface area contributed by atoms with Gasteiger partial charge in [-0.1, -0.05) is 13.8 Å². The lowest BCUT2D eigenvalue weighted by Gasteiger charge is -2.40. The quantitative estimate of drug-likeness (QED) is 0.685. The van der Waals surface area contributed by atoms with Crippen LogP contribution in [0.1, 0.15) is 20.3 Å². The van der Waals surface area contributed by atoms with Crippen molar-refractivity contribution in [3.05, 3.63) is 0 Å². The molecule has 0 aromatic rings. The van der Waals surface area contributed by atoms with Gasteiger partial charge in [0.15, 0.2) is 0 Å². The first-order valence-electron chi connectivity index (χ1n) is 5.68. The van der Waals surface area contributed by atoms with Crippen molar-refractivity contribution in [2.75, 3.05) is 39.5 Å². The van der Waals surface area contributed by atoms with Gasteiger partial charge in [-0.05, 0) is 6.42 Å². The smallest absolute Gasteiger partial charge is 0.0622 e. The molecule has 0 bridgehead atoms. The van der Waals surface area contributed by atoms with Crippen molar-refractivity contribution in [1.82, 2.24) is 4.90 Å². The number of aliphatic hydroxyl groups is 2. The van der Waals surface area contributed by atoms with Crippen LogP contribution in [-0.4, -0.2) is 60.7 Å². The predicted octanol–water partition coefficient (Wildman–Crippen LogP) is 0.0881. The van der Waals surface area contributed by atoms with Gasteiger partial charge < -0.3 is 14.9 Å². The van der Waals surface area contributed by atoms with E-state index in [1.807, 2.05) is 6.92 Å². The van der Waals surface area contributed by atoms with Gasteiger partial charge in [-0.3, -0.25) is 4.90 Å². The van der Waals surface area contributed by atoms with Crippen LogP contribution in [0.15, 0.2) is 0 Å². The molecule has 4 nitrogen and oxygen atoms in total. The molecule has 4 heteroatoms. The van der Waals surface area contributed by atoms with Crippen LogP contribution in [0.3, 0.4) is 0 Å². The fraction of sp³-hybridized carbons (Fsp3) is 1.00. The van der Waals surface area contributed by atoms with Gasteiger partial charge in [0.2, 0.25) is 0 Å². The van der Waals surface area contributed by atoms with Crippen LogP contribution in [0, 0.1) is 5.41 Å². The van der Waals surface area contributed by atoms with E-state index in [4.69, 9.17) is 4.74 Å². The molecule has 1 rings (SSSR count). The zero-order chi connectivity index (χ0) is 11.3. The Balaban J connectivity index is 2.53. The molecule has 1 atom stereocenters. The minimum Gasteiger partial charge on any atom is -0.396 e. The van der Waals surface area contributed by atoms with Crippen LogP contribution in [0.5, 0.6) is 0 Å². The van der Waals surface area contributed by atoms with E-state index in [1.54, 1.807) is 0 Å². The van der Waals surface area contributed by atoms with Crippen LogP contribution < -0.4 is 0 Å². The Hall–Kier alpha value is -0.160. The lowest BCUT2D eigenvalue weighted by molar-refractivity contribution is -0.0453. The van der Waals surface area contributed by atoms with E-state index in [2.05, 4.69) is 11.8 Å². The summed E-state index contributed by atoms with van der Waals surface area (Å²) in [4.78, 5) is 2.32. The number of rotatable bonds is 5. The Morgan fingerprint density at radius 2 is 2.07 bits per heavy atom. The maximum atomic E-state index is 9.26.